The second-order valence-corrected chi connectivity index (χ2v) is 5.81. The van der Waals surface area contributed by atoms with Gasteiger partial charge in [-0.2, -0.15) is 5.10 Å². The second kappa shape index (κ2) is 7.18. The van der Waals surface area contributed by atoms with Crippen molar-refractivity contribution in [3.63, 3.8) is 0 Å². The molecular formula is C17H12BrN3O3. The standard InChI is InChI=1S/C17H12BrN3O3/c18-14-5-1-12(2-6-14)16(22)9-24-17(23)13-3-7-15(8-4-13)21-11-19-10-20-21/h1-8,10-11H,9H2. The van der Waals surface area contributed by atoms with Crippen molar-refractivity contribution in [1.29, 1.82) is 0 Å². The van der Waals surface area contributed by atoms with Crippen molar-refractivity contribution >= 4 is 27.7 Å². The van der Waals surface area contributed by atoms with Gasteiger partial charge in [0.15, 0.2) is 12.4 Å². The molecule has 0 radical (unpaired) electrons. The smallest absolute Gasteiger partial charge is 0.338 e. The van der Waals surface area contributed by atoms with Crippen LogP contribution in [0.1, 0.15) is 20.7 Å². The van der Waals surface area contributed by atoms with Crippen molar-refractivity contribution in [2.75, 3.05) is 6.61 Å². The van der Waals surface area contributed by atoms with Crippen molar-refractivity contribution in [2.45, 2.75) is 0 Å². The molecular weight excluding hydrogens is 374 g/mol. The van der Waals surface area contributed by atoms with Crippen LogP contribution >= 0.6 is 15.9 Å². The van der Waals surface area contributed by atoms with Gasteiger partial charge in [-0.15, -0.1) is 0 Å². The van der Waals surface area contributed by atoms with E-state index in [-0.39, 0.29) is 12.4 Å². The molecule has 0 saturated heterocycles. The number of rotatable bonds is 5. The fourth-order valence-corrected chi connectivity index (χ4v) is 2.29. The van der Waals surface area contributed by atoms with E-state index in [1.807, 2.05) is 0 Å². The third kappa shape index (κ3) is 3.75. The number of nitrogens with zero attached hydrogens (tertiary/aromatic N) is 3. The molecule has 120 valence electrons. The number of esters is 1. The Morgan fingerprint density at radius 1 is 1.00 bits per heavy atom. The molecule has 0 fully saturated rings. The molecule has 0 bridgehead atoms. The van der Waals surface area contributed by atoms with Gasteiger partial charge in [0.1, 0.15) is 12.7 Å². The van der Waals surface area contributed by atoms with E-state index in [1.54, 1.807) is 59.5 Å². The van der Waals surface area contributed by atoms with Crippen LogP contribution in [0, 0.1) is 0 Å². The van der Waals surface area contributed by atoms with E-state index in [0.717, 1.165) is 10.2 Å². The highest BCUT2D eigenvalue weighted by Gasteiger charge is 2.12. The van der Waals surface area contributed by atoms with Crippen LogP contribution in [-0.4, -0.2) is 33.1 Å². The molecule has 7 heteroatoms. The SMILES string of the molecule is O=C(COC(=O)c1ccc(-n2cncn2)cc1)c1ccc(Br)cc1. The van der Waals surface area contributed by atoms with Gasteiger partial charge >= 0.3 is 5.97 Å². The highest BCUT2D eigenvalue weighted by molar-refractivity contribution is 9.10. The Hall–Kier alpha value is -2.80. The highest BCUT2D eigenvalue weighted by atomic mass is 79.9. The van der Waals surface area contributed by atoms with E-state index in [1.165, 1.54) is 6.33 Å². The van der Waals surface area contributed by atoms with Crippen LogP contribution in [0.3, 0.4) is 0 Å². The fourth-order valence-electron chi connectivity index (χ4n) is 2.03. The molecule has 3 rings (SSSR count). The van der Waals surface area contributed by atoms with Crippen LogP contribution in [0.2, 0.25) is 0 Å². The van der Waals surface area contributed by atoms with Gasteiger partial charge in [-0.1, -0.05) is 28.1 Å². The van der Waals surface area contributed by atoms with Crippen molar-refractivity contribution < 1.29 is 14.3 Å². The number of ether oxygens (including phenoxy) is 1. The topological polar surface area (TPSA) is 74.1 Å². The largest absolute Gasteiger partial charge is 0.454 e. The first kappa shape index (κ1) is 16.1. The zero-order chi connectivity index (χ0) is 16.9. The Balaban J connectivity index is 1.60. The summed E-state index contributed by atoms with van der Waals surface area (Å²) >= 11 is 3.30. The summed E-state index contributed by atoms with van der Waals surface area (Å²) in [5, 5.41) is 4.00. The quantitative estimate of drug-likeness (QED) is 0.498. The highest BCUT2D eigenvalue weighted by Crippen LogP contribution is 2.12. The van der Waals surface area contributed by atoms with Gasteiger partial charge < -0.3 is 4.74 Å². The number of hydrogen-bond acceptors (Lipinski definition) is 5. The van der Waals surface area contributed by atoms with Crippen molar-refractivity contribution in [3.05, 3.63) is 76.8 Å². The summed E-state index contributed by atoms with van der Waals surface area (Å²) in [4.78, 5) is 27.9. The maximum absolute atomic E-state index is 12.0. The van der Waals surface area contributed by atoms with Gasteiger partial charge in [-0.3, -0.25) is 4.79 Å². The minimum Gasteiger partial charge on any atom is -0.454 e. The van der Waals surface area contributed by atoms with Crippen molar-refractivity contribution in [3.8, 4) is 5.69 Å². The second-order valence-electron chi connectivity index (χ2n) is 4.89. The number of halogens is 1. The molecule has 1 aromatic heterocycles. The summed E-state index contributed by atoms with van der Waals surface area (Å²) in [5.74, 6) is -0.805. The first-order valence-electron chi connectivity index (χ1n) is 7.04. The summed E-state index contributed by atoms with van der Waals surface area (Å²) in [5.41, 5.74) is 1.63. The van der Waals surface area contributed by atoms with Crippen molar-refractivity contribution in [2.24, 2.45) is 0 Å². The number of hydrogen-bond donors (Lipinski definition) is 0. The van der Waals surface area contributed by atoms with E-state index >= 15 is 0 Å². The van der Waals surface area contributed by atoms with E-state index in [9.17, 15) is 9.59 Å². The number of ketones is 1. The van der Waals surface area contributed by atoms with Crippen LogP contribution < -0.4 is 0 Å². The van der Waals surface area contributed by atoms with E-state index in [4.69, 9.17) is 4.74 Å². The predicted molar refractivity (Wildman–Crippen MR) is 90.1 cm³/mol. The monoisotopic (exact) mass is 385 g/mol. The fraction of sp³-hybridized carbons (Fsp3) is 0.0588. The van der Waals surface area contributed by atoms with Gasteiger partial charge in [-0.25, -0.2) is 14.5 Å². The lowest BCUT2D eigenvalue weighted by Crippen LogP contribution is -2.14. The molecule has 0 aliphatic rings. The number of benzene rings is 2. The zero-order valence-electron chi connectivity index (χ0n) is 12.4. The summed E-state index contributed by atoms with van der Waals surface area (Å²) < 4.78 is 7.52. The number of Topliss-reactive ketones (excluding diaryl/α,β-unsaturated/α-hetero) is 1. The number of aromatic nitrogens is 3. The van der Waals surface area contributed by atoms with Gasteiger partial charge in [0.05, 0.1) is 11.3 Å². The Bertz CT molecular complexity index is 844. The molecule has 0 atom stereocenters. The van der Waals surface area contributed by atoms with E-state index in [0.29, 0.717) is 11.1 Å². The zero-order valence-corrected chi connectivity index (χ0v) is 14.0. The molecule has 24 heavy (non-hydrogen) atoms. The molecule has 1 heterocycles. The summed E-state index contributed by atoms with van der Waals surface area (Å²) in [7, 11) is 0. The maximum atomic E-state index is 12.0. The third-order valence-electron chi connectivity index (χ3n) is 3.29. The Labute approximate surface area is 146 Å². The molecule has 0 aliphatic heterocycles. The van der Waals surface area contributed by atoms with Gasteiger partial charge in [0.25, 0.3) is 0 Å². The van der Waals surface area contributed by atoms with Gasteiger partial charge in [0.2, 0.25) is 0 Å². The van der Waals surface area contributed by atoms with E-state index in [2.05, 4.69) is 26.0 Å². The van der Waals surface area contributed by atoms with Crippen LogP contribution in [0.5, 0.6) is 0 Å². The first-order chi connectivity index (χ1) is 11.6. The summed E-state index contributed by atoms with van der Waals surface area (Å²) in [6, 6.07) is 13.5. The minimum atomic E-state index is -0.550. The van der Waals surface area contributed by atoms with Gasteiger partial charge in [-0.05, 0) is 36.4 Å². The van der Waals surface area contributed by atoms with E-state index < -0.39 is 5.97 Å². The molecule has 6 nitrogen and oxygen atoms in total. The molecule has 3 aromatic rings. The Morgan fingerprint density at radius 2 is 1.67 bits per heavy atom. The lowest BCUT2D eigenvalue weighted by Gasteiger charge is -2.06. The molecule has 0 aliphatic carbocycles. The lowest BCUT2D eigenvalue weighted by molar-refractivity contribution is 0.0475. The minimum absolute atomic E-state index is 0.255. The normalized spacial score (nSPS) is 10.4. The van der Waals surface area contributed by atoms with Crippen LogP contribution in [0.4, 0.5) is 0 Å². The number of carbonyl (C=O) groups is 2. The molecule has 0 amide bonds. The van der Waals surface area contributed by atoms with Crippen LogP contribution in [0.25, 0.3) is 5.69 Å². The summed E-state index contributed by atoms with van der Waals surface area (Å²) in [6.07, 6.45) is 2.99. The van der Waals surface area contributed by atoms with Crippen molar-refractivity contribution in [1.82, 2.24) is 14.8 Å². The third-order valence-corrected chi connectivity index (χ3v) is 3.82. The molecule has 0 saturated carbocycles. The predicted octanol–water partition coefficient (Wildman–Crippen LogP) is 3.07. The Kier molecular flexibility index (Phi) is 4.81. The lowest BCUT2D eigenvalue weighted by atomic mass is 10.1. The Morgan fingerprint density at radius 3 is 2.29 bits per heavy atom. The average molecular weight is 386 g/mol. The molecule has 0 N–H and O–H groups in total. The number of carbonyl (C=O) groups excluding carboxylic acids is 2. The first-order valence-corrected chi connectivity index (χ1v) is 7.84. The molecule has 2 aromatic carbocycles. The van der Waals surface area contributed by atoms with Gasteiger partial charge in [0, 0.05) is 10.0 Å². The van der Waals surface area contributed by atoms with Crippen LogP contribution in [-0.2, 0) is 4.74 Å². The van der Waals surface area contributed by atoms with Crippen LogP contribution in [0.15, 0.2) is 65.7 Å². The molecule has 0 unspecified atom stereocenters. The molecule has 0 spiro atoms. The average Bonchev–Trinajstić information content (AvgIpc) is 3.15. The summed E-state index contributed by atoms with van der Waals surface area (Å²) in [6.45, 7) is -0.300. The maximum Gasteiger partial charge on any atom is 0.338 e.